The van der Waals surface area contributed by atoms with Crippen molar-refractivity contribution >= 4 is 28.7 Å². The van der Waals surface area contributed by atoms with Crippen LogP contribution in [0.3, 0.4) is 0 Å². The van der Waals surface area contributed by atoms with E-state index in [0.29, 0.717) is 16.7 Å². The number of ketones is 3. The van der Waals surface area contributed by atoms with Crippen LogP contribution in [-0.4, -0.2) is 29.6 Å². The third kappa shape index (κ3) is 3.10. The number of Topliss-reactive ketones (excluding diaryl/α,β-unsaturated/α-hetero) is 3. The summed E-state index contributed by atoms with van der Waals surface area (Å²) in [6.45, 7) is 2.73. The molecule has 0 heterocycles. The molecule has 0 aromatic heterocycles. The zero-order valence-corrected chi connectivity index (χ0v) is 15.0. The molecule has 0 bridgehead atoms. The van der Waals surface area contributed by atoms with E-state index in [1.165, 1.54) is 33.1 Å². The smallest absolute Gasteiger partial charge is 0.182 e. The summed E-state index contributed by atoms with van der Waals surface area (Å²) in [5, 5.41) is 21.5. The number of phenols is 1. The van der Waals surface area contributed by atoms with Gasteiger partial charge in [0.2, 0.25) is 0 Å². The van der Waals surface area contributed by atoms with E-state index in [-0.39, 0.29) is 34.2 Å². The number of hydrogen-bond donors (Lipinski definition) is 1. The quantitative estimate of drug-likeness (QED) is 0.386. The molecule has 2 aromatic carbocycles. The van der Waals surface area contributed by atoms with E-state index >= 15 is 0 Å². The van der Waals surface area contributed by atoms with E-state index in [9.17, 15) is 24.6 Å². The van der Waals surface area contributed by atoms with Gasteiger partial charge in [-0.15, -0.1) is 5.75 Å². The lowest BCUT2D eigenvalue weighted by atomic mass is 9.95. The highest BCUT2D eigenvalue weighted by molar-refractivity contribution is 6.38. The molecule has 1 atom stereocenters. The summed E-state index contributed by atoms with van der Waals surface area (Å²) in [7, 11) is 1.33. The lowest BCUT2D eigenvalue weighted by Gasteiger charge is -2.14. The van der Waals surface area contributed by atoms with Crippen LogP contribution in [0.25, 0.3) is 11.3 Å². The lowest BCUT2D eigenvalue weighted by molar-refractivity contribution is -0.268. The summed E-state index contributed by atoms with van der Waals surface area (Å²) in [5.74, 6) is -2.63. The summed E-state index contributed by atoms with van der Waals surface area (Å²) < 4.78 is 5.40. The maximum Gasteiger partial charge on any atom is 0.182 e. The Bertz CT molecular complexity index is 995. The summed E-state index contributed by atoms with van der Waals surface area (Å²) >= 11 is 0. The molecule has 0 radical (unpaired) electrons. The molecule has 0 amide bonds. The third-order valence-corrected chi connectivity index (χ3v) is 4.54. The average molecular weight is 365 g/mol. The van der Waals surface area contributed by atoms with Gasteiger partial charge in [0.25, 0.3) is 0 Å². The Morgan fingerprint density at radius 2 is 1.78 bits per heavy atom. The van der Waals surface area contributed by atoms with Gasteiger partial charge in [-0.25, -0.2) is 0 Å². The van der Waals surface area contributed by atoms with E-state index < -0.39 is 17.5 Å². The van der Waals surface area contributed by atoms with Crippen molar-refractivity contribution in [1.29, 1.82) is 0 Å². The second-order valence-corrected chi connectivity index (χ2v) is 6.39. The van der Waals surface area contributed by atoms with Crippen LogP contribution in [-0.2, 0) is 14.3 Å². The third-order valence-electron chi connectivity index (χ3n) is 4.54. The summed E-state index contributed by atoms with van der Waals surface area (Å²) in [6, 6.07) is 8.29. The highest BCUT2D eigenvalue weighted by atomic mass is 16.5. The van der Waals surface area contributed by atoms with Crippen LogP contribution in [0.2, 0.25) is 0 Å². The fourth-order valence-corrected chi connectivity index (χ4v) is 3.38. The largest absolute Gasteiger partial charge is 0.872 e. The zero-order valence-electron chi connectivity index (χ0n) is 15.0. The molecule has 3 rings (SSSR count). The number of methoxy groups -OCH3 is 1. The number of carbonyl (C=O) groups excluding carboxylic acids is 3. The molecule has 0 spiro atoms. The Morgan fingerprint density at radius 1 is 1.07 bits per heavy atom. The van der Waals surface area contributed by atoms with Crippen LogP contribution in [0.4, 0.5) is 0 Å². The summed E-state index contributed by atoms with van der Waals surface area (Å²) in [5.41, 5.74) is 1.62. The fraction of sp³-hybridized carbons (Fsp3) is 0.190. The molecule has 6 heteroatoms. The van der Waals surface area contributed by atoms with Crippen LogP contribution >= 0.6 is 0 Å². The van der Waals surface area contributed by atoms with Gasteiger partial charge in [0.1, 0.15) is 23.2 Å². The first-order valence-electron chi connectivity index (χ1n) is 8.24. The number of carbonyl (C=O) groups is 3. The number of ether oxygens (including phenoxy) is 1. The van der Waals surface area contributed by atoms with E-state index in [1.54, 1.807) is 18.2 Å². The number of hydrogen-bond acceptors (Lipinski definition) is 6. The van der Waals surface area contributed by atoms with Crippen molar-refractivity contribution in [2.24, 2.45) is 0 Å². The number of benzene rings is 2. The minimum atomic E-state index is -0.995. The first-order chi connectivity index (χ1) is 12.7. The first-order valence-corrected chi connectivity index (χ1v) is 8.24. The average Bonchev–Trinajstić information content (AvgIpc) is 2.86. The van der Waals surface area contributed by atoms with Crippen LogP contribution in [0, 0.1) is 0 Å². The molecular formula is C21H17O6-. The number of fused-ring (bicyclic) bond motifs is 1. The predicted octanol–water partition coefficient (Wildman–Crippen LogP) is 2.44. The van der Waals surface area contributed by atoms with E-state index in [4.69, 9.17) is 4.74 Å². The molecule has 6 nitrogen and oxygen atoms in total. The molecule has 1 aliphatic carbocycles. The SMILES string of the molecule is CO/C(=C1\C(=O)C(C(C)=O)c2ccc(C(C)=O)cc21)c1cc([O-])cc(O)c1. The minimum absolute atomic E-state index is 0.0682. The van der Waals surface area contributed by atoms with E-state index in [1.807, 2.05) is 0 Å². The van der Waals surface area contributed by atoms with Gasteiger partial charge in [0.15, 0.2) is 11.6 Å². The molecule has 1 unspecified atom stereocenters. The molecule has 1 N–H and O–H groups in total. The van der Waals surface area contributed by atoms with Crippen molar-refractivity contribution in [3.63, 3.8) is 0 Å². The number of allylic oxidation sites excluding steroid dienone is 1. The topological polar surface area (TPSA) is 104 Å². The Hall–Kier alpha value is -3.41. The van der Waals surface area contributed by atoms with Crippen LogP contribution in [0.5, 0.6) is 11.5 Å². The van der Waals surface area contributed by atoms with Crippen LogP contribution in [0.1, 0.15) is 46.8 Å². The Labute approximate surface area is 155 Å². The van der Waals surface area contributed by atoms with Gasteiger partial charge in [-0.1, -0.05) is 18.2 Å². The Kier molecular flexibility index (Phi) is 4.57. The van der Waals surface area contributed by atoms with Crippen LogP contribution < -0.4 is 5.11 Å². The fourth-order valence-electron chi connectivity index (χ4n) is 3.38. The van der Waals surface area contributed by atoms with Gasteiger partial charge in [-0.2, -0.15) is 0 Å². The summed E-state index contributed by atoms with van der Waals surface area (Å²) in [6.07, 6.45) is 0. The summed E-state index contributed by atoms with van der Waals surface area (Å²) in [4.78, 5) is 36.9. The number of aromatic hydroxyl groups is 1. The molecule has 0 saturated heterocycles. The van der Waals surface area contributed by atoms with Crippen molar-refractivity contribution in [3.8, 4) is 11.5 Å². The van der Waals surface area contributed by atoms with E-state index in [2.05, 4.69) is 0 Å². The van der Waals surface area contributed by atoms with Gasteiger partial charge in [-0.3, -0.25) is 14.4 Å². The van der Waals surface area contributed by atoms with E-state index in [0.717, 1.165) is 6.07 Å². The molecule has 0 saturated carbocycles. The maximum absolute atomic E-state index is 13.0. The zero-order chi connectivity index (χ0) is 19.9. The van der Waals surface area contributed by atoms with Crippen molar-refractivity contribution < 1.29 is 29.3 Å². The standard InChI is InChI=1S/C21H18O6/c1-10(22)12-4-5-16-17(8-12)19(20(26)18(16)11(2)23)21(27-3)13-6-14(24)9-15(25)7-13/h4-9,18,24-25H,1-3H3/p-1/b21-19-. The van der Waals surface area contributed by atoms with Gasteiger partial charge in [0.05, 0.1) is 12.7 Å². The first kappa shape index (κ1) is 18.4. The van der Waals surface area contributed by atoms with Gasteiger partial charge in [-0.05, 0) is 43.2 Å². The minimum Gasteiger partial charge on any atom is -0.872 e. The second-order valence-electron chi connectivity index (χ2n) is 6.39. The molecule has 27 heavy (non-hydrogen) atoms. The number of phenolic OH excluding ortho intramolecular Hbond substituents is 1. The van der Waals surface area contributed by atoms with Gasteiger partial charge < -0.3 is 14.9 Å². The molecule has 2 aromatic rings. The monoisotopic (exact) mass is 365 g/mol. The second kappa shape index (κ2) is 6.72. The van der Waals surface area contributed by atoms with Gasteiger partial charge >= 0.3 is 0 Å². The predicted molar refractivity (Wildman–Crippen MR) is 96.3 cm³/mol. The van der Waals surface area contributed by atoms with Crippen molar-refractivity contribution in [1.82, 2.24) is 0 Å². The highest BCUT2D eigenvalue weighted by Gasteiger charge is 2.40. The lowest BCUT2D eigenvalue weighted by Crippen LogP contribution is -2.15. The van der Waals surface area contributed by atoms with Gasteiger partial charge in [0, 0.05) is 11.1 Å². The van der Waals surface area contributed by atoms with Crippen molar-refractivity contribution in [2.75, 3.05) is 7.11 Å². The van der Waals surface area contributed by atoms with Crippen molar-refractivity contribution in [2.45, 2.75) is 19.8 Å². The molecular weight excluding hydrogens is 348 g/mol. The Balaban J connectivity index is 2.35. The molecule has 0 aliphatic heterocycles. The molecule has 138 valence electrons. The highest BCUT2D eigenvalue weighted by Crippen LogP contribution is 2.43. The Morgan fingerprint density at radius 3 is 2.33 bits per heavy atom. The van der Waals surface area contributed by atoms with Crippen molar-refractivity contribution in [3.05, 3.63) is 58.7 Å². The normalized spacial score (nSPS) is 17.4. The molecule has 1 aliphatic rings. The molecule has 0 fully saturated rings. The van der Waals surface area contributed by atoms with Crippen LogP contribution in [0.15, 0.2) is 36.4 Å². The maximum atomic E-state index is 13.0. The number of rotatable bonds is 4.